The monoisotopic (exact) mass is 396 g/mol. The highest BCUT2D eigenvalue weighted by Crippen LogP contribution is 2.34. The Labute approximate surface area is 169 Å². The second kappa shape index (κ2) is 8.03. The SMILES string of the molecule is CC(C)[C@H](NC(=O)C[C@@H]1Oc2ccccc2NC1=O)c1ccc2c(c1)OCCO2. The Morgan fingerprint density at radius 2 is 1.86 bits per heavy atom. The van der Waals surface area contributed by atoms with Crippen LogP contribution >= 0.6 is 0 Å². The van der Waals surface area contributed by atoms with Crippen LogP contribution in [0.15, 0.2) is 42.5 Å². The van der Waals surface area contributed by atoms with Crippen LogP contribution < -0.4 is 24.8 Å². The number of carbonyl (C=O) groups excluding carboxylic acids is 2. The maximum atomic E-state index is 12.7. The van der Waals surface area contributed by atoms with Gasteiger partial charge in [0.2, 0.25) is 5.91 Å². The minimum atomic E-state index is -0.863. The standard InChI is InChI=1S/C22H24N2O5/c1-13(2)21(14-7-8-17-18(11-14)28-10-9-27-17)24-20(25)12-19-22(26)23-15-5-3-4-6-16(15)29-19/h3-8,11,13,19,21H,9-10,12H2,1-2H3,(H,23,26)(H,24,25)/t19-,21-/m0/s1. The fourth-order valence-corrected chi connectivity index (χ4v) is 3.52. The molecule has 0 saturated carbocycles. The Kier molecular flexibility index (Phi) is 5.29. The number of benzene rings is 2. The van der Waals surface area contributed by atoms with Gasteiger partial charge in [-0.3, -0.25) is 9.59 Å². The van der Waals surface area contributed by atoms with Crippen LogP contribution in [0.2, 0.25) is 0 Å². The normalized spacial score (nSPS) is 18.3. The Bertz CT molecular complexity index is 927. The lowest BCUT2D eigenvalue weighted by atomic mass is 9.95. The summed E-state index contributed by atoms with van der Waals surface area (Å²) >= 11 is 0. The summed E-state index contributed by atoms with van der Waals surface area (Å²) in [5.74, 6) is 1.53. The largest absolute Gasteiger partial charge is 0.486 e. The topological polar surface area (TPSA) is 85.9 Å². The van der Waals surface area contributed by atoms with E-state index in [2.05, 4.69) is 10.6 Å². The van der Waals surface area contributed by atoms with Crippen LogP contribution in [0.25, 0.3) is 0 Å². The van der Waals surface area contributed by atoms with Gasteiger partial charge in [-0.05, 0) is 35.7 Å². The molecule has 7 nitrogen and oxygen atoms in total. The maximum absolute atomic E-state index is 12.7. The highest BCUT2D eigenvalue weighted by Gasteiger charge is 2.31. The number of hydrogen-bond acceptors (Lipinski definition) is 5. The van der Waals surface area contributed by atoms with E-state index in [1.54, 1.807) is 12.1 Å². The van der Waals surface area contributed by atoms with Gasteiger partial charge in [0.05, 0.1) is 18.2 Å². The lowest BCUT2D eigenvalue weighted by molar-refractivity contribution is -0.131. The molecule has 2 amide bonds. The molecule has 29 heavy (non-hydrogen) atoms. The van der Waals surface area contributed by atoms with E-state index >= 15 is 0 Å². The summed E-state index contributed by atoms with van der Waals surface area (Å²) in [6.45, 7) is 5.09. The number of hydrogen-bond donors (Lipinski definition) is 2. The minimum Gasteiger partial charge on any atom is -0.486 e. The van der Waals surface area contributed by atoms with Crippen molar-refractivity contribution in [1.82, 2.24) is 5.32 Å². The summed E-state index contributed by atoms with van der Waals surface area (Å²) in [6, 6.07) is 12.6. The summed E-state index contributed by atoms with van der Waals surface area (Å²) in [4.78, 5) is 25.0. The van der Waals surface area contributed by atoms with Crippen molar-refractivity contribution in [2.24, 2.45) is 5.92 Å². The van der Waals surface area contributed by atoms with Crippen LogP contribution in [0.3, 0.4) is 0 Å². The zero-order valence-electron chi connectivity index (χ0n) is 16.4. The Morgan fingerprint density at radius 1 is 1.10 bits per heavy atom. The number of rotatable bonds is 5. The highest BCUT2D eigenvalue weighted by atomic mass is 16.6. The predicted molar refractivity (Wildman–Crippen MR) is 107 cm³/mol. The zero-order chi connectivity index (χ0) is 20.4. The average Bonchev–Trinajstić information content (AvgIpc) is 2.72. The smallest absolute Gasteiger partial charge is 0.266 e. The van der Waals surface area contributed by atoms with E-state index in [0.717, 1.165) is 5.56 Å². The van der Waals surface area contributed by atoms with Crippen molar-refractivity contribution in [1.29, 1.82) is 0 Å². The first-order valence-corrected chi connectivity index (χ1v) is 9.76. The van der Waals surface area contributed by atoms with Crippen LogP contribution in [0.1, 0.15) is 31.9 Å². The Morgan fingerprint density at radius 3 is 2.66 bits per heavy atom. The van der Waals surface area contributed by atoms with Crippen LogP contribution in [0, 0.1) is 5.92 Å². The molecule has 0 bridgehead atoms. The van der Waals surface area contributed by atoms with E-state index in [9.17, 15) is 9.59 Å². The molecule has 0 saturated heterocycles. The molecule has 2 atom stereocenters. The van der Waals surface area contributed by atoms with Gasteiger partial charge in [-0.1, -0.05) is 32.0 Å². The van der Waals surface area contributed by atoms with E-state index in [-0.39, 0.29) is 30.2 Å². The second-order valence-electron chi connectivity index (χ2n) is 7.49. The van der Waals surface area contributed by atoms with Gasteiger partial charge < -0.3 is 24.8 Å². The van der Waals surface area contributed by atoms with E-state index < -0.39 is 6.10 Å². The third kappa shape index (κ3) is 4.13. The average molecular weight is 396 g/mol. The van der Waals surface area contributed by atoms with Crippen molar-refractivity contribution < 1.29 is 23.8 Å². The molecule has 0 fully saturated rings. The van der Waals surface area contributed by atoms with Crippen molar-refractivity contribution in [3.63, 3.8) is 0 Å². The van der Waals surface area contributed by atoms with Crippen molar-refractivity contribution >= 4 is 17.5 Å². The molecule has 2 N–H and O–H groups in total. The zero-order valence-corrected chi connectivity index (χ0v) is 16.4. The molecule has 152 valence electrons. The first kappa shape index (κ1) is 19.1. The van der Waals surface area contributed by atoms with Gasteiger partial charge >= 0.3 is 0 Å². The van der Waals surface area contributed by atoms with Crippen LogP contribution in [0.4, 0.5) is 5.69 Å². The highest BCUT2D eigenvalue weighted by molar-refractivity contribution is 5.99. The third-order valence-corrected chi connectivity index (χ3v) is 4.99. The van der Waals surface area contributed by atoms with Crippen LogP contribution in [-0.4, -0.2) is 31.1 Å². The number of anilines is 1. The number of carbonyl (C=O) groups is 2. The Hall–Kier alpha value is -3.22. The molecular formula is C22H24N2O5. The van der Waals surface area contributed by atoms with Gasteiger partial charge in [0.15, 0.2) is 17.6 Å². The predicted octanol–water partition coefficient (Wildman–Crippen LogP) is 3.06. The molecule has 0 aliphatic carbocycles. The number of fused-ring (bicyclic) bond motifs is 2. The number of nitrogens with one attached hydrogen (secondary N) is 2. The molecule has 0 spiro atoms. The fourth-order valence-electron chi connectivity index (χ4n) is 3.52. The minimum absolute atomic E-state index is 0.0616. The maximum Gasteiger partial charge on any atom is 0.266 e. The van der Waals surface area contributed by atoms with Gasteiger partial charge in [-0.2, -0.15) is 0 Å². The summed E-state index contributed by atoms with van der Waals surface area (Å²) < 4.78 is 17.0. The third-order valence-electron chi connectivity index (χ3n) is 4.99. The summed E-state index contributed by atoms with van der Waals surface area (Å²) in [5, 5.41) is 5.82. The van der Waals surface area contributed by atoms with Gasteiger partial charge in [0.25, 0.3) is 5.91 Å². The summed E-state index contributed by atoms with van der Waals surface area (Å²) in [7, 11) is 0. The van der Waals surface area contributed by atoms with Crippen molar-refractivity contribution in [2.45, 2.75) is 32.4 Å². The van der Waals surface area contributed by atoms with Crippen LogP contribution in [0.5, 0.6) is 17.2 Å². The molecule has 2 heterocycles. The molecule has 2 aromatic carbocycles. The number of ether oxygens (including phenoxy) is 3. The molecule has 0 unspecified atom stereocenters. The van der Waals surface area contributed by atoms with E-state index in [0.29, 0.717) is 36.1 Å². The molecule has 2 aliphatic rings. The summed E-state index contributed by atoms with van der Waals surface area (Å²) in [5.41, 5.74) is 1.54. The first-order chi connectivity index (χ1) is 14.0. The summed E-state index contributed by atoms with van der Waals surface area (Å²) in [6.07, 6.45) is -0.925. The fraction of sp³-hybridized carbons (Fsp3) is 0.364. The Balaban J connectivity index is 1.45. The quantitative estimate of drug-likeness (QED) is 0.811. The molecule has 7 heteroatoms. The van der Waals surface area contributed by atoms with Crippen molar-refractivity contribution in [2.75, 3.05) is 18.5 Å². The molecular weight excluding hydrogens is 372 g/mol. The first-order valence-electron chi connectivity index (χ1n) is 9.76. The molecule has 2 aliphatic heterocycles. The molecule has 0 radical (unpaired) electrons. The lowest BCUT2D eigenvalue weighted by Gasteiger charge is -2.28. The molecule has 2 aromatic rings. The van der Waals surface area contributed by atoms with Crippen molar-refractivity contribution in [3.8, 4) is 17.2 Å². The van der Waals surface area contributed by atoms with Gasteiger partial charge in [0.1, 0.15) is 19.0 Å². The molecule has 4 rings (SSSR count). The lowest BCUT2D eigenvalue weighted by Crippen LogP contribution is -2.42. The number of amides is 2. The number of para-hydroxylation sites is 2. The van der Waals surface area contributed by atoms with E-state index in [4.69, 9.17) is 14.2 Å². The van der Waals surface area contributed by atoms with Gasteiger partial charge in [-0.15, -0.1) is 0 Å². The van der Waals surface area contributed by atoms with E-state index in [1.807, 2.05) is 44.2 Å². The van der Waals surface area contributed by atoms with E-state index in [1.165, 1.54) is 0 Å². The van der Waals surface area contributed by atoms with Gasteiger partial charge in [0, 0.05) is 0 Å². The molecule has 0 aromatic heterocycles. The second-order valence-corrected chi connectivity index (χ2v) is 7.49. The van der Waals surface area contributed by atoms with Crippen molar-refractivity contribution in [3.05, 3.63) is 48.0 Å². The van der Waals surface area contributed by atoms with Crippen LogP contribution in [-0.2, 0) is 9.59 Å². The van der Waals surface area contributed by atoms with Gasteiger partial charge in [-0.25, -0.2) is 0 Å².